The summed E-state index contributed by atoms with van der Waals surface area (Å²) in [5.74, 6) is -0.351. The molecule has 0 aliphatic carbocycles. The van der Waals surface area contributed by atoms with Crippen molar-refractivity contribution in [1.82, 2.24) is 0 Å². The number of aryl methyl sites for hydroxylation is 1. The average molecular weight is 324 g/mol. The van der Waals surface area contributed by atoms with E-state index >= 15 is 0 Å². The number of benzene rings is 2. The van der Waals surface area contributed by atoms with E-state index in [9.17, 15) is 4.79 Å². The molecule has 0 amide bonds. The topological polar surface area (TPSA) is 37.3 Å². The van der Waals surface area contributed by atoms with E-state index in [4.69, 9.17) is 5.11 Å². The molecule has 2 heteroatoms. The van der Waals surface area contributed by atoms with Gasteiger partial charge in [0.25, 0.3) is 0 Å². The van der Waals surface area contributed by atoms with Crippen molar-refractivity contribution in [2.45, 2.75) is 58.8 Å². The van der Waals surface area contributed by atoms with Gasteiger partial charge in [0.2, 0.25) is 0 Å². The molecular formula is C22H28O2. The maximum Gasteiger partial charge on any atom is 0.303 e. The van der Waals surface area contributed by atoms with Crippen LogP contribution in [0.25, 0.3) is 11.1 Å². The minimum Gasteiger partial charge on any atom is -0.481 e. The Morgan fingerprint density at radius 1 is 1.00 bits per heavy atom. The number of rotatable bonds is 5. The van der Waals surface area contributed by atoms with Crippen LogP contribution in [0.3, 0.4) is 0 Å². The van der Waals surface area contributed by atoms with Crippen molar-refractivity contribution in [3.05, 3.63) is 59.2 Å². The average Bonchev–Trinajstić information content (AvgIpc) is 2.51. The largest absolute Gasteiger partial charge is 0.481 e. The molecule has 0 aromatic heterocycles. The monoisotopic (exact) mass is 324 g/mol. The SMILES string of the molecule is CC(C)c1ccc(-c2ccc(C(C)(C)C)cc2)cc1CCC(=O)O. The predicted octanol–water partition coefficient (Wildman–Crippen LogP) is 5.79. The first-order valence-corrected chi connectivity index (χ1v) is 8.64. The summed E-state index contributed by atoms with van der Waals surface area (Å²) in [6.45, 7) is 10.9. The van der Waals surface area contributed by atoms with Crippen molar-refractivity contribution in [2.75, 3.05) is 0 Å². The Labute approximate surface area is 145 Å². The van der Waals surface area contributed by atoms with Crippen molar-refractivity contribution in [3.63, 3.8) is 0 Å². The van der Waals surface area contributed by atoms with Gasteiger partial charge < -0.3 is 5.11 Å². The third-order valence-corrected chi connectivity index (χ3v) is 4.46. The summed E-state index contributed by atoms with van der Waals surface area (Å²) >= 11 is 0. The van der Waals surface area contributed by atoms with Gasteiger partial charge in [-0.3, -0.25) is 4.79 Å². The zero-order valence-electron chi connectivity index (χ0n) is 15.4. The van der Waals surface area contributed by atoms with Gasteiger partial charge in [-0.1, -0.05) is 77.1 Å². The molecule has 0 atom stereocenters. The summed E-state index contributed by atoms with van der Waals surface area (Å²) in [4.78, 5) is 10.9. The minimum atomic E-state index is -0.746. The van der Waals surface area contributed by atoms with Crippen LogP contribution in [0.5, 0.6) is 0 Å². The van der Waals surface area contributed by atoms with Crippen LogP contribution in [0.4, 0.5) is 0 Å². The maximum absolute atomic E-state index is 10.9. The lowest BCUT2D eigenvalue weighted by Gasteiger charge is -2.19. The Kier molecular flexibility index (Phi) is 5.48. The van der Waals surface area contributed by atoms with E-state index in [1.807, 2.05) is 0 Å². The second-order valence-electron chi connectivity index (χ2n) is 7.79. The van der Waals surface area contributed by atoms with Gasteiger partial charge in [0.15, 0.2) is 0 Å². The number of carboxylic acids is 1. The predicted molar refractivity (Wildman–Crippen MR) is 101 cm³/mol. The van der Waals surface area contributed by atoms with Crippen LogP contribution >= 0.6 is 0 Å². The standard InChI is InChI=1S/C22H28O2/c1-15(2)20-12-8-17(14-18(20)9-13-21(23)24)16-6-10-19(11-7-16)22(3,4)5/h6-8,10-12,14-15H,9,13H2,1-5H3,(H,23,24). The highest BCUT2D eigenvalue weighted by atomic mass is 16.4. The van der Waals surface area contributed by atoms with Crippen LogP contribution in [-0.2, 0) is 16.6 Å². The number of hydrogen-bond donors (Lipinski definition) is 1. The molecule has 0 bridgehead atoms. The lowest BCUT2D eigenvalue weighted by atomic mass is 9.85. The molecule has 2 aromatic rings. The maximum atomic E-state index is 10.9. The van der Waals surface area contributed by atoms with E-state index in [0.29, 0.717) is 12.3 Å². The number of hydrogen-bond acceptors (Lipinski definition) is 1. The van der Waals surface area contributed by atoms with E-state index in [2.05, 4.69) is 77.1 Å². The van der Waals surface area contributed by atoms with Crippen molar-refractivity contribution in [2.24, 2.45) is 0 Å². The third kappa shape index (κ3) is 4.47. The van der Waals surface area contributed by atoms with Crippen LogP contribution in [0, 0.1) is 0 Å². The molecule has 0 spiro atoms. The molecule has 0 aliphatic heterocycles. The molecule has 0 aliphatic rings. The zero-order chi connectivity index (χ0) is 17.9. The molecule has 0 unspecified atom stereocenters. The Balaban J connectivity index is 2.36. The highest BCUT2D eigenvalue weighted by molar-refractivity contribution is 5.68. The second-order valence-corrected chi connectivity index (χ2v) is 7.79. The number of aliphatic carboxylic acids is 1. The second kappa shape index (κ2) is 7.21. The fourth-order valence-electron chi connectivity index (χ4n) is 2.97. The summed E-state index contributed by atoms with van der Waals surface area (Å²) in [7, 11) is 0. The highest BCUT2D eigenvalue weighted by Gasteiger charge is 2.14. The Morgan fingerprint density at radius 3 is 2.08 bits per heavy atom. The summed E-state index contributed by atoms with van der Waals surface area (Å²) in [5.41, 5.74) is 6.18. The van der Waals surface area contributed by atoms with Crippen molar-refractivity contribution < 1.29 is 9.90 Å². The first-order chi connectivity index (χ1) is 11.2. The van der Waals surface area contributed by atoms with E-state index in [1.54, 1.807) is 0 Å². The lowest BCUT2D eigenvalue weighted by molar-refractivity contribution is -0.136. The number of carbonyl (C=O) groups is 1. The van der Waals surface area contributed by atoms with E-state index < -0.39 is 5.97 Å². The van der Waals surface area contributed by atoms with Gasteiger partial charge in [-0.25, -0.2) is 0 Å². The summed E-state index contributed by atoms with van der Waals surface area (Å²) in [6.07, 6.45) is 0.753. The summed E-state index contributed by atoms with van der Waals surface area (Å²) in [5, 5.41) is 9.00. The minimum absolute atomic E-state index is 0.146. The Morgan fingerprint density at radius 2 is 1.58 bits per heavy atom. The van der Waals surface area contributed by atoms with Crippen molar-refractivity contribution >= 4 is 5.97 Å². The van der Waals surface area contributed by atoms with Gasteiger partial charge in [-0.05, 0) is 45.6 Å². The molecule has 0 saturated heterocycles. The summed E-state index contributed by atoms with van der Waals surface area (Å²) in [6, 6.07) is 15.1. The van der Waals surface area contributed by atoms with Crippen molar-refractivity contribution in [1.29, 1.82) is 0 Å². The number of carboxylic acid groups (broad SMARTS) is 1. The zero-order valence-corrected chi connectivity index (χ0v) is 15.4. The van der Waals surface area contributed by atoms with Crippen LogP contribution in [0.15, 0.2) is 42.5 Å². The molecule has 2 aromatic carbocycles. The van der Waals surface area contributed by atoms with Crippen LogP contribution in [0.1, 0.15) is 63.6 Å². The van der Waals surface area contributed by atoms with E-state index in [1.165, 1.54) is 16.7 Å². The highest BCUT2D eigenvalue weighted by Crippen LogP contribution is 2.29. The molecular weight excluding hydrogens is 296 g/mol. The molecule has 128 valence electrons. The van der Waals surface area contributed by atoms with Gasteiger partial charge in [-0.2, -0.15) is 0 Å². The van der Waals surface area contributed by atoms with Gasteiger partial charge in [0.05, 0.1) is 0 Å². The molecule has 0 saturated carbocycles. The van der Waals surface area contributed by atoms with Crippen LogP contribution in [0.2, 0.25) is 0 Å². The van der Waals surface area contributed by atoms with Gasteiger partial charge in [-0.15, -0.1) is 0 Å². The van der Waals surface area contributed by atoms with Crippen LogP contribution in [-0.4, -0.2) is 11.1 Å². The van der Waals surface area contributed by atoms with Gasteiger partial charge >= 0.3 is 5.97 Å². The fourth-order valence-corrected chi connectivity index (χ4v) is 2.97. The Bertz CT molecular complexity index is 704. The van der Waals surface area contributed by atoms with Crippen LogP contribution < -0.4 is 0 Å². The smallest absolute Gasteiger partial charge is 0.303 e. The van der Waals surface area contributed by atoms with Gasteiger partial charge in [0.1, 0.15) is 0 Å². The molecule has 2 nitrogen and oxygen atoms in total. The lowest BCUT2D eigenvalue weighted by Crippen LogP contribution is -2.10. The summed E-state index contributed by atoms with van der Waals surface area (Å²) < 4.78 is 0. The fraction of sp³-hybridized carbons (Fsp3) is 0.409. The molecule has 0 radical (unpaired) electrons. The van der Waals surface area contributed by atoms with Crippen molar-refractivity contribution in [3.8, 4) is 11.1 Å². The molecule has 0 fully saturated rings. The normalized spacial score (nSPS) is 11.8. The molecule has 2 rings (SSSR count). The van der Waals surface area contributed by atoms with Gasteiger partial charge in [0, 0.05) is 6.42 Å². The quantitative estimate of drug-likeness (QED) is 0.755. The molecule has 24 heavy (non-hydrogen) atoms. The first-order valence-electron chi connectivity index (χ1n) is 8.64. The molecule has 1 N–H and O–H groups in total. The van der Waals surface area contributed by atoms with E-state index in [0.717, 1.165) is 11.1 Å². The Hall–Kier alpha value is -2.09. The first kappa shape index (κ1) is 18.3. The van der Waals surface area contributed by atoms with E-state index in [-0.39, 0.29) is 11.8 Å². The molecule has 0 heterocycles. The third-order valence-electron chi connectivity index (χ3n) is 4.46.